The number of benzene rings is 3. The highest BCUT2D eigenvalue weighted by molar-refractivity contribution is 6.36. The summed E-state index contributed by atoms with van der Waals surface area (Å²) in [6.07, 6.45) is 0.0229. The van der Waals surface area contributed by atoms with Crippen molar-refractivity contribution in [2.24, 2.45) is 0 Å². The number of nitrogens with zero attached hydrogens (tertiary/aromatic N) is 1. The molecule has 3 amide bonds. The second-order valence-electron chi connectivity index (χ2n) is 8.17. The Morgan fingerprint density at radius 3 is 2.05 bits per heavy atom. The maximum absolute atomic E-state index is 13.1. The fourth-order valence-electron chi connectivity index (χ4n) is 3.91. The molecule has 10 heteroatoms. The molecule has 0 spiro atoms. The standard InChI is InChI=1S/C27H22Cl2N2O6/c1-36-24(32)14-30-25(33)23(31-26(34)18-5-2-3-6-19(18)27(31)35)13-16-9-11-17(12-10-16)37-15-20-21(28)7-4-8-22(20)29/h2-12,23H,13-15H2,1H3,(H,30,33). The Morgan fingerprint density at radius 2 is 1.49 bits per heavy atom. The lowest BCUT2D eigenvalue weighted by Gasteiger charge is -2.25. The molecule has 1 aliphatic heterocycles. The highest BCUT2D eigenvalue weighted by Crippen LogP contribution is 2.28. The molecular weight excluding hydrogens is 519 g/mol. The molecule has 0 aromatic heterocycles. The number of carbonyl (C=O) groups is 4. The molecule has 0 bridgehead atoms. The van der Waals surface area contributed by atoms with Gasteiger partial charge >= 0.3 is 5.97 Å². The van der Waals surface area contributed by atoms with E-state index in [-0.39, 0.29) is 24.2 Å². The Morgan fingerprint density at radius 1 is 0.892 bits per heavy atom. The van der Waals surface area contributed by atoms with E-state index < -0.39 is 36.3 Å². The molecule has 1 N–H and O–H groups in total. The van der Waals surface area contributed by atoms with Crippen LogP contribution in [0.3, 0.4) is 0 Å². The van der Waals surface area contributed by atoms with E-state index >= 15 is 0 Å². The van der Waals surface area contributed by atoms with Gasteiger partial charge in [-0.15, -0.1) is 0 Å². The Bertz CT molecular complexity index is 1300. The molecule has 3 aromatic carbocycles. The zero-order valence-electron chi connectivity index (χ0n) is 19.7. The first-order valence-corrected chi connectivity index (χ1v) is 12.0. The van der Waals surface area contributed by atoms with Crippen LogP contribution in [0, 0.1) is 0 Å². The minimum atomic E-state index is -1.19. The Labute approximate surface area is 223 Å². The minimum Gasteiger partial charge on any atom is -0.489 e. The predicted molar refractivity (Wildman–Crippen MR) is 137 cm³/mol. The van der Waals surface area contributed by atoms with Crippen molar-refractivity contribution in [3.05, 3.63) is 99.0 Å². The number of amides is 3. The normalized spacial score (nSPS) is 13.2. The number of fused-ring (bicyclic) bond motifs is 1. The summed E-state index contributed by atoms with van der Waals surface area (Å²) in [5, 5.41) is 3.43. The Kier molecular flexibility index (Phi) is 8.11. The van der Waals surface area contributed by atoms with Crippen LogP contribution in [0.4, 0.5) is 0 Å². The van der Waals surface area contributed by atoms with E-state index in [1.165, 1.54) is 19.2 Å². The van der Waals surface area contributed by atoms with E-state index in [1.807, 2.05) is 0 Å². The van der Waals surface area contributed by atoms with Gasteiger partial charge in [-0.1, -0.05) is 53.5 Å². The minimum absolute atomic E-state index is 0.0229. The zero-order valence-corrected chi connectivity index (χ0v) is 21.2. The van der Waals surface area contributed by atoms with Crippen LogP contribution in [-0.4, -0.2) is 48.3 Å². The number of methoxy groups -OCH3 is 1. The number of hydrogen-bond acceptors (Lipinski definition) is 6. The molecule has 8 nitrogen and oxygen atoms in total. The van der Waals surface area contributed by atoms with Gasteiger partial charge in [0.05, 0.1) is 18.2 Å². The molecule has 0 radical (unpaired) electrons. The quantitative estimate of drug-likeness (QED) is 0.324. The van der Waals surface area contributed by atoms with Crippen molar-refractivity contribution in [1.29, 1.82) is 0 Å². The molecule has 0 fully saturated rings. The van der Waals surface area contributed by atoms with Crippen LogP contribution in [0.15, 0.2) is 66.7 Å². The van der Waals surface area contributed by atoms with Crippen LogP contribution in [-0.2, 0) is 27.4 Å². The third-order valence-corrected chi connectivity index (χ3v) is 6.58. The average Bonchev–Trinajstić information content (AvgIpc) is 3.15. The van der Waals surface area contributed by atoms with Crippen molar-refractivity contribution < 1.29 is 28.7 Å². The molecule has 1 heterocycles. The summed E-state index contributed by atoms with van der Waals surface area (Å²) in [5.74, 6) is -1.93. The summed E-state index contributed by atoms with van der Waals surface area (Å²) in [7, 11) is 1.19. The second kappa shape index (κ2) is 11.5. The first-order valence-electron chi connectivity index (χ1n) is 11.3. The van der Waals surface area contributed by atoms with Gasteiger partial charge in [0.15, 0.2) is 0 Å². The fourth-order valence-corrected chi connectivity index (χ4v) is 4.42. The lowest BCUT2D eigenvalue weighted by atomic mass is 10.0. The molecular formula is C27H22Cl2N2O6. The number of ether oxygens (including phenoxy) is 2. The van der Waals surface area contributed by atoms with Crippen molar-refractivity contribution in [2.45, 2.75) is 19.1 Å². The van der Waals surface area contributed by atoms with Gasteiger partial charge in [0.1, 0.15) is 24.9 Å². The summed E-state index contributed by atoms with van der Waals surface area (Å²) >= 11 is 12.4. The van der Waals surface area contributed by atoms with E-state index in [0.717, 1.165) is 4.90 Å². The van der Waals surface area contributed by atoms with Gasteiger partial charge in [-0.2, -0.15) is 0 Å². The number of nitrogens with one attached hydrogen (secondary N) is 1. The van der Waals surface area contributed by atoms with E-state index in [2.05, 4.69) is 10.1 Å². The van der Waals surface area contributed by atoms with E-state index in [0.29, 0.717) is 26.9 Å². The molecule has 0 saturated heterocycles. The van der Waals surface area contributed by atoms with Gasteiger partial charge in [-0.05, 0) is 42.0 Å². The maximum atomic E-state index is 13.1. The molecule has 1 atom stereocenters. The van der Waals surface area contributed by atoms with E-state index in [9.17, 15) is 19.2 Å². The smallest absolute Gasteiger partial charge is 0.325 e. The van der Waals surface area contributed by atoms with Crippen LogP contribution in [0.2, 0.25) is 10.0 Å². The number of esters is 1. The topological polar surface area (TPSA) is 102 Å². The van der Waals surface area contributed by atoms with Gasteiger partial charge in [-0.25, -0.2) is 0 Å². The number of hydrogen-bond donors (Lipinski definition) is 1. The van der Waals surface area contributed by atoms with Crippen LogP contribution in [0.1, 0.15) is 31.8 Å². The number of rotatable bonds is 9. The third-order valence-electron chi connectivity index (χ3n) is 5.87. The SMILES string of the molecule is COC(=O)CNC(=O)C(Cc1ccc(OCc2c(Cl)cccc2Cl)cc1)N1C(=O)c2ccccc2C1=O. The van der Waals surface area contributed by atoms with Crippen LogP contribution in [0.5, 0.6) is 5.75 Å². The lowest BCUT2D eigenvalue weighted by Crippen LogP contribution is -2.51. The molecule has 0 saturated carbocycles. The van der Waals surface area contributed by atoms with Crippen LogP contribution in [0.25, 0.3) is 0 Å². The van der Waals surface area contributed by atoms with Crippen molar-refractivity contribution in [3.63, 3.8) is 0 Å². The molecule has 1 unspecified atom stereocenters. The summed E-state index contributed by atoms with van der Waals surface area (Å²) < 4.78 is 10.4. The van der Waals surface area contributed by atoms with Gasteiger partial charge in [-0.3, -0.25) is 24.1 Å². The van der Waals surface area contributed by atoms with Crippen molar-refractivity contribution in [3.8, 4) is 5.75 Å². The number of halogens is 2. The van der Waals surface area contributed by atoms with Crippen LogP contribution < -0.4 is 10.1 Å². The van der Waals surface area contributed by atoms with Gasteiger partial charge < -0.3 is 14.8 Å². The lowest BCUT2D eigenvalue weighted by molar-refractivity contribution is -0.141. The molecule has 190 valence electrons. The molecule has 0 aliphatic carbocycles. The van der Waals surface area contributed by atoms with Crippen molar-refractivity contribution >= 4 is 46.9 Å². The maximum Gasteiger partial charge on any atom is 0.325 e. The summed E-state index contributed by atoms with van der Waals surface area (Å²) in [5.41, 5.74) is 1.77. The van der Waals surface area contributed by atoms with Gasteiger partial charge in [0.2, 0.25) is 5.91 Å². The summed E-state index contributed by atoms with van der Waals surface area (Å²) in [6, 6.07) is 17.2. The largest absolute Gasteiger partial charge is 0.489 e. The van der Waals surface area contributed by atoms with Gasteiger partial charge in [0, 0.05) is 22.0 Å². The van der Waals surface area contributed by atoms with Crippen molar-refractivity contribution in [2.75, 3.05) is 13.7 Å². The first kappa shape index (κ1) is 26.2. The summed E-state index contributed by atoms with van der Waals surface area (Å²) in [4.78, 5) is 51.7. The first-order chi connectivity index (χ1) is 17.8. The van der Waals surface area contributed by atoms with Crippen molar-refractivity contribution in [1.82, 2.24) is 10.2 Å². The van der Waals surface area contributed by atoms with Gasteiger partial charge in [0.25, 0.3) is 11.8 Å². The zero-order chi connectivity index (χ0) is 26.5. The number of carbonyl (C=O) groups excluding carboxylic acids is 4. The molecule has 1 aliphatic rings. The second-order valence-corrected chi connectivity index (χ2v) is 8.99. The number of imide groups is 1. The monoisotopic (exact) mass is 540 g/mol. The Hall–Kier alpha value is -3.88. The van der Waals surface area contributed by atoms with E-state index in [4.69, 9.17) is 27.9 Å². The summed E-state index contributed by atoms with van der Waals surface area (Å²) in [6.45, 7) is -0.238. The predicted octanol–water partition coefficient (Wildman–Crippen LogP) is 4.07. The highest BCUT2D eigenvalue weighted by Gasteiger charge is 2.42. The molecule has 3 aromatic rings. The third kappa shape index (κ3) is 5.76. The Balaban J connectivity index is 1.52. The highest BCUT2D eigenvalue weighted by atomic mass is 35.5. The molecule has 37 heavy (non-hydrogen) atoms. The fraction of sp³-hybridized carbons (Fsp3) is 0.185. The average molecular weight is 541 g/mol. The van der Waals surface area contributed by atoms with E-state index in [1.54, 1.807) is 54.6 Å². The van der Waals surface area contributed by atoms with Crippen LogP contribution >= 0.6 is 23.2 Å². The molecule has 4 rings (SSSR count).